The summed E-state index contributed by atoms with van der Waals surface area (Å²) >= 11 is 0. The normalized spacial score (nSPS) is 11.5. The van der Waals surface area contributed by atoms with Gasteiger partial charge in [0.25, 0.3) is 5.91 Å². The van der Waals surface area contributed by atoms with Crippen LogP contribution in [-0.4, -0.2) is 33.5 Å². The molecule has 0 saturated heterocycles. The number of hydrogen-bond donors (Lipinski definition) is 2. The van der Waals surface area contributed by atoms with E-state index in [9.17, 15) is 13.2 Å². The highest BCUT2D eigenvalue weighted by molar-refractivity contribution is 7.89. The molecule has 7 heteroatoms. The van der Waals surface area contributed by atoms with Crippen LogP contribution in [0.25, 0.3) is 0 Å². The molecule has 0 bridgehead atoms. The smallest absolute Gasteiger partial charge is 0.251 e. The molecule has 24 heavy (non-hydrogen) atoms. The third-order valence-corrected chi connectivity index (χ3v) is 4.93. The number of hydrogen-bond acceptors (Lipinski definition) is 4. The van der Waals surface area contributed by atoms with E-state index in [1.807, 2.05) is 0 Å². The Labute approximate surface area is 145 Å². The van der Waals surface area contributed by atoms with Crippen molar-refractivity contribution >= 4 is 15.9 Å². The van der Waals surface area contributed by atoms with Gasteiger partial charge in [0, 0.05) is 18.2 Å². The Morgan fingerprint density at radius 1 is 1.21 bits per heavy atom. The van der Waals surface area contributed by atoms with Crippen LogP contribution in [0.1, 0.15) is 57.3 Å². The lowest BCUT2D eigenvalue weighted by Crippen LogP contribution is -2.31. The van der Waals surface area contributed by atoms with Gasteiger partial charge >= 0.3 is 0 Å². The Kier molecular flexibility index (Phi) is 8.21. The van der Waals surface area contributed by atoms with Gasteiger partial charge in [-0.1, -0.05) is 19.8 Å². The molecule has 1 rings (SSSR count). The quantitative estimate of drug-likeness (QED) is 0.631. The van der Waals surface area contributed by atoms with Crippen LogP contribution in [-0.2, 0) is 10.0 Å². The first-order chi connectivity index (χ1) is 11.3. The van der Waals surface area contributed by atoms with Crippen LogP contribution in [0, 0.1) is 0 Å². The monoisotopic (exact) mass is 356 g/mol. The Morgan fingerprint density at radius 2 is 1.92 bits per heavy atom. The molecular weight excluding hydrogens is 328 g/mol. The van der Waals surface area contributed by atoms with Crippen molar-refractivity contribution in [2.45, 2.75) is 57.9 Å². The maximum atomic E-state index is 12.5. The summed E-state index contributed by atoms with van der Waals surface area (Å²) in [5.41, 5.74) is 0.305. The predicted octanol–water partition coefficient (Wildman–Crippen LogP) is 2.69. The fourth-order valence-corrected chi connectivity index (χ4v) is 3.61. The molecule has 0 fully saturated rings. The van der Waals surface area contributed by atoms with Gasteiger partial charge in [0.05, 0.1) is 6.61 Å². The van der Waals surface area contributed by atoms with Gasteiger partial charge < -0.3 is 10.1 Å². The zero-order chi connectivity index (χ0) is 18.2. The molecule has 0 aliphatic heterocycles. The van der Waals surface area contributed by atoms with Crippen LogP contribution in [0.4, 0.5) is 0 Å². The molecular formula is C17H28N2O4S. The largest absolute Gasteiger partial charge is 0.492 e. The van der Waals surface area contributed by atoms with Crippen molar-refractivity contribution in [2.75, 3.05) is 13.2 Å². The summed E-state index contributed by atoms with van der Waals surface area (Å²) in [6.45, 7) is 8.26. The average Bonchev–Trinajstić information content (AvgIpc) is 2.50. The zero-order valence-corrected chi connectivity index (χ0v) is 15.7. The predicted molar refractivity (Wildman–Crippen MR) is 94.9 cm³/mol. The van der Waals surface area contributed by atoms with Crippen LogP contribution in [0.3, 0.4) is 0 Å². The summed E-state index contributed by atoms with van der Waals surface area (Å²) in [6.07, 6.45) is 3.02. The summed E-state index contributed by atoms with van der Waals surface area (Å²) < 4.78 is 32.9. The second kappa shape index (κ2) is 9.64. The molecule has 0 atom stereocenters. The zero-order valence-electron chi connectivity index (χ0n) is 14.9. The first kappa shape index (κ1) is 20.4. The van der Waals surface area contributed by atoms with Gasteiger partial charge in [-0.25, -0.2) is 13.1 Å². The molecule has 0 unspecified atom stereocenters. The minimum atomic E-state index is -3.75. The molecule has 6 nitrogen and oxygen atoms in total. The lowest BCUT2D eigenvalue weighted by molar-refractivity contribution is 0.0952. The second-order valence-corrected chi connectivity index (χ2v) is 7.52. The molecule has 136 valence electrons. The number of sulfonamides is 1. The van der Waals surface area contributed by atoms with Crippen LogP contribution in [0.15, 0.2) is 23.1 Å². The van der Waals surface area contributed by atoms with E-state index in [2.05, 4.69) is 17.0 Å². The van der Waals surface area contributed by atoms with E-state index in [1.54, 1.807) is 26.8 Å². The molecule has 0 aromatic heterocycles. The van der Waals surface area contributed by atoms with Crippen molar-refractivity contribution in [3.8, 4) is 5.75 Å². The van der Waals surface area contributed by atoms with E-state index in [0.717, 1.165) is 19.3 Å². The number of rotatable bonds is 10. The molecule has 1 aromatic carbocycles. The van der Waals surface area contributed by atoms with E-state index >= 15 is 0 Å². The Bertz CT molecular complexity index is 642. The Morgan fingerprint density at radius 3 is 2.50 bits per heavy atom. The molecule has 1 aromatic rings. The first-order valence-electron chi connectivity index (χ1n) is 8.39. The molecule has 0 saturated carbocycles. The minimum Gasteiger partial charge on any atom is -0.492 e. The van der Waals surface area contributed by atoms with Crippen molar-refractivity contribution in [1.29, 1.82) is 0 Å². The number of benzene rings is 1. The van der Waals surface area contributed by atoms with Gasteiger partial charge in [-0.15, -0.1) is 0 Å². The van der Waals surface area contributed by atoms with Crippen molar-refractivity contribution in [3.05, 3.63) is 23.8 Å². The topological polar surface area (TPSA) is 84.5 Å². The van der Waals surface area contributed by atoms with Gasteiger partial charge in [-0.3, -0.25) is 4.79 Å². The number of ether oxygens (including phenoxy) is 1. The van der Waals surface area contributed by atoms with Crippen LogP contribution in [0.2, 0.25) is 0 Å². The molecule has 2 N–H and O–H groups in total. The van der Waals surface area contributed by atoms with Gasteiger partial charge in [0.1, 0.15) is 10.6 Å². The van der Waals surface area contributed by atoms with Gasteiger partial charge in [0.15, 0.2) is 0 Å². The van der Waals surface area contributed by atoms with Crippen molar-refractivity contribution < 1.29 is 17.9 Å². The molecule has 0 spiro atoms. The van der Waals surface area contributed by atoms with Crippen LogP contribution in [0.5, 0.6) is 5.75 Å². The lowest BCUT2D eigenvalue weighted by atomic mass is 10.2. The number of carbonyl (C=O) groups excluding carboxylic acids is 1. The van der Waals surface area contributed by atoms with E-state index in [4.69, 9.17) is 4.74 Å². The van der Waals surface area contributed by atoms with Gasteiger partial charge in [-0.2, -0.15) is 0 Å². The minimum absolute atomic E-state index is 0.0146. The van der Waals surface area contributed by atoms with Crippen LogP contribution >= 0.6 is 0 Å². The maximum absolute atomic E-state index is 12.5. The van der Waals surface area contributed by atoms with Gasteiger partial charge in [-0.05, 0) is 45.4 Å². The molecule has 0 aliphatic rings. The lowest BCUT2D eigenvalue weighted by Gasteiger charge is -2.15. The number of nitrogens with one attached hydrogen (secondary N) is 2. The van der Waals surface area contributed by atoms with E-state index in [-0.39, 0.29) is 22.6 Å². The van der Waals surface area contributed by atoms with Crippen LogP contribution < -0.4 is 14.8 Å². The summed E-state index contributed by atoms with van der Waals surface area (Å²) in [7, 11) is -3.75. The van der Waals surface area contributed by atoms with Gasteiger partial charge in [0.2, 0.25) is 10.0 Å². The molecule has 0 radical (unpaired) electrons. The average molecular weight is 356 g/mol. The van der Waals surface area contributed by atoms with Crippen molar-refractivity contribution in [2.24, 2.45) is 0 Å². The van der Waals surface area contributed by atoms with E-state index < -0.39 is 10.0 Å². The summed E-state index contributed by atoms with van der Waals surface area (Å²) in [4.78, 5) is 12.2. The maximum Gasteiger partial charge on any atom is 0.251 e. The number of amides is 1. The number of carbonyl (C=O) groups is 1. The second-order valence-electron chi connectivity index (χ2n) is 5.83. The summed E-state index contributed by atoms with van der Waals surface area (Å²) in [5.74, 6) is -0.0386. The van der Waals surface area contributed by atoms with E-state index in [0.29, 0.717) is 18.7 Å². The molecule has 1 amide bonds. The molecule has 0 aliphatic carbocycles. The van der Waals surface area contributed by atoms with E-state index in [1.165, 1.54) is 12.1 Å². The van der Waals surface area contributed by atoms with Crippen molar-refractivity contribution in [1.82, 2.24) is 10.0 Å². The summed E-state index contributed by atoms with van der Waals surface area (Å²) in [6, 6.07) is 4.22. The summed E-state index contributed by atoms with van der Waals surface area (Å²) in [5, 5.41) is 2.81. The highest BCUT2D eigenvalue weighted by atomic mass is 32.2. The Balaban J connectivity index is 3.05. The first-order valence-corrected chi connectivity index (χ1v) is 9.87. The molecule has 0 heterocycles. The SMILES string of the molecule is CCCCCNC(=O)c1ccc(OCC)c(S(=O)(=O)NC(C)C)c1. The third kappa shape index (κ3) is 6.13. The third-order valence-electron chi connectivity index (χ3n) is 3.25. The highest BCUT2D eigenvalue weighted by Crippen LogP contribution is 2.25. The van der Waals surface area contributed by atoms with Crippen molar-refractivity contribution in [3.63, 3.8) is 0 Å². The fourth-order valence-electron chi connectivity index (χ4n) is 2.19. The number of unbranched alkanes of at least 4 members (excludes halogenated alkanes) is 2. The Hall–Kier alpha value is -1.60. The fraction of sp³-hybridized carbons (Fsp3) is 0.588. The standard InChI is InChI=1S/C17H28N2O4S/c1-5-7-8-11-18-17(20)14-9-10-15(23-6-2)16(12-14)24(21,22)19-13(3)4/h9-10,12-13,19H,5-8,11H2,1-4H3,(H,18,20). The highest BCUT2D eigenvalue weighted by Gasteiger charge is 2.22.